The maximum Gasteiger partial charge on any atom is 0.246 e. The highest BCUT2D eigenvalue weighted by Crippen LogP contribution is 2.24. The van der Waals surface area contributed by atoms with Gasteiger partial charge in [-0.3, -0.25) is 10.0 Å². The van der Waals surface area contributed by atoms with E-state index >= 15 is 0 Å². The lowest BCUT2D eigenvalue weighted by molar-refractivity contribution is -0.169. The minimum absolute atomic E-state index is 0.185. The van der Waals surface area contributed by atoms with E-state index in [1.54, 1.807) is 0 Å². The van der Waals surface area contributed by atoms with Crippen molar-refractivity contribution >= 4 is 23.0 Å². The van der Waals surface area contributed by atoms with Crippen LogP contribution in [0.2, 0.25) is 0 Å². The van der Waals surface area contributed by atoms with Gasteiger partial charge in [0.1, 0.15) is 0 Å². The molecule has 6 heteroatoms. The predicted octanol–water partition coefficient (Wildman–Crippen LogP) is 4.87. The quantitative estimate of drug-likeness (QED) is 0.479. The minimum atomic E-state index is -0.185. The summed E-state index contributed by atoms with van der Waals surface area (Å²) in [6.45, 7) is 4.57. The van der Waals surface area contributed by atoms with Crippen LogP contribution in [0.25, 0.3) is 0 Å². The second-order valence-electron chi connectivity index (χ2n) is 9.32. The number of carbonyl (C=O) groups is 1. The summed E-state index contributed by atoms with van der Waals surface area (Å²) in [5.74, 6) is 0.191. The van der Waals surface area contributed by atoms with Gasteiger partial charge in [-0.05, 0) is 100 Å². The van der Waals surface area contributed by atoms with E-state index in [1.807, 2.05) is 24.3 Å². The van der Waals surface area contributed by atoms with Gasteiger partial charge in [-0.2, -0.15) is 0 Å². The monoisotopic (exact) mass is 436 g/mol. The summed E-state index contributed by atoms with van der Waals surface area (Å²) >= 11 is 0. The number of amides is 1. The highest BCUT2D eigenvalue weighted by atomic mass is 16.5. The fraction of sp³-hybridized carbons (Fsp3) is 0.500. The van der Waals surface area contributed by atoms with Gasteiger partial charge in [-0.15, -0.1) is 0 Å². The number of rotatable bonds is 7. The molecular formula is C26H36N4O2. The maximum atomic E-state index is 12.4. The van der Waals surface area contributed by atoms with Gasteiger partial charge >= 0.3 is 0 Å². The number of hydrogen-bond acceptors (Lipinski definition) is 5. The molecule has 4 rings (SSSR count). The molecule has 0 radical (unpaired) electrons. The maximum absolute atomic E-state index is 12.4. The number of carbonyl (C=O) groups excluding carboxylic acids is 1. The van der Waals surface area contributed by atoms with Gasteiger partial charge in [-0.1, -0.05) is 12.1 Å². The Morgan fingerprint density at radius 3 is 2.16 bits per heavy atom. The molecule has 0 spiro atoms. The van der Waals surface area contributed by atoms with Crippen LogP contribution >= 0.6 is 0 Å². The Kier molecular flexibility index (Phi) is 7.66. The molecule has 0 aromatic heterocycles. The number of likely N-dealkylation sites (tertiary alicyclic amines) is 1. The summed E-state index contributed by atoms with van der Waals surface area (Å²) in [4.78, 5) is 17.1. The van der Waals surface area contributed by atoms with Crippen molar-refractivity contribution in [2.75, 3.05) is 43.4 Å². The van der Waals surface area contributed by atoms with Crippen LogP contribution in [0.4, 0.5) is 17.1 Å². The first-order chi connectivity index (χ1) is 15.6. The molecule has 2 heterocycles. The predicted molar refractivity (Wildman–Crippen MR) is 129 cm³/mol. The van der Waals surface area contributed by atoms with Crippen molar-refractivity contribution in [2.24, 2.45) is 5.92 Å². The van der Waals surface area contributed by atoms with Crippen LogP contribution < -0.4 is 10.2 Å². The zero-order valence-electron chi connectivity index (χ0n) is 19.2. The number of piperidine rings is 2. The van der Waals surface area contributed by atoms with Crippen LogP contribution in [-0.4, -0.2) is 54.3 Å². The number of hydrogen-bond donors (Lipinski definition) is 2. The van der Waals surface area contributed by atoms with Gasteiger partial charge < -0.3 is 15.1 Å². The zero-order chi connectivity index (χ0) is 22.3. The second-order valence-corrected chi connectivity index (χ2v) is 9.32. The van der Waals surface area contributed by atoms with Gasteiger partial charge in [0.25, 0.3) is 0 Å². The molecule has 0 unspecified atom stereocenters. The molecule has 0 atom stereocenters. The lowest BCUT2D eigenvalue weighted by atomic mass is 9.93. The Bertz CT molecular complexity index is 854. The number of benzene rings is 2. The van der Waals surface area contributed by atoms with E-state index in [9.17, 15) is 10.0 Å². The number of nitrogens with one attached hydrogen (secondary N) is 1. The number of nitrogens with zero attached hydrogens (tertiary/aromatic N) is 3. The number of anilines is 3. The molecule has 0 bridgehead atoms. The van der Waals surface area contributed by atoms with Gasteiger partial charge in [0.05, 0.1) is 6.54 Å². The Morgan fingerprint density at radius 2 is 1.53 bits per heavy atom. The summed E-state index contributed by atoms with van der Waals surface area (Å²) in [5, 5.41) is 14.6. The molecular weight excluding hydrogens is 400 g/mol. The van der Waals surface area contributed by atoms with E-state index < -0.39 is 0 Å². The van der Waals surface area contributed by atoms with Crippen molar-refractivity contribution in [3.63, 3.8) is 0 Å². The highest BCUT2D eigenvalue weighted by Gasteiger charge is 2.22. The van der Waals surface area contributed by atoms with Crippen molar-refractivity contribution < 1.29 is 10.0 Å². The van der Waals surface area contributed by atoms with E-state index in [-0.39, 0.29) is 12.5 Å². The standard InChI is InChI=1S/C26H36N4O2/c1-28-17-13-21(14-18-28)19-26(31)30(32)20-22-5-7-23(8-6-22)27-24-9-11-25(12-10-24)29-15-3-2-4-16-29/h5-12,21,27,32H,2-4,13-20H2,1H3. The molecule has 2 aliphatic heterocycles. The van der Waals surface area contributed by atoms with E-state index in [0.717, 1.165) is 61.0 Å². The van der Waals surface area contributed by atoms with Crippen LogP contribution in [-0.2, 0) is 11.3 Å². The van der Waals surface area contributed by atoms with E-state index in [4.69, 9.17) is 0 Å². The average Bonchev–Trinajstić information content (AvgIpc) is 2.83. The molecule has 0 aliphatic carbocycles. The molecule has 6 nitrogen and oxygen atoms in total. The molecule has 2 fully saturated rings. The third kappa shape index (κ3) is 6.24. The van der Waals surface area contributed by atoms with Crippen molar-refractivity contribution in [2.45, 2.75) is 45.1 Å². The normalized spacial score (nSPS) is 17.9. The van der Waals surface area contributed by atoms with Crippen LogP contribution in [0.5, 0.6) is 0 Å². The SMILES string of the molecule is CN1CCC(CC(=O)N(O)Cc2ccc(Nc3ccc(N4CCCCC4)cc3)cc2)CC1. The third-order valence-corrected chi connectivity index (χ3v) is 6.75. The van der Waals surface area contributed by atoms with Crippen molar-refractivity contribution in [1.29, 1.82) is 0 Å². The molecule has 0 saturated carbocycles. The van der Waals surface area contributed by atoms with Crippen molar-refractivity contribution in [3.05, 3.63) is 54.1 Å². The average molecular weight is 437 g/mol. The van der Waals surface area contributed by atoms with Gasteiger partial charge in [0.15, 0.2) is 0 Å². The Balaban J connectivity index is 1.26. The van der Waals surface area contributed by atoms with Gasteiger partial charge in [0, 0.05) is 36.6 Å². The second kappa shape index (κ2) is 10.8. The Labute approximate surface area is 191 Å². The van der Waals surface area contributed by atoms with Crippen LogP contribution in [0.1, 0.15) is 44.1 Å². The molecule has 2 saturated heterocycles. The van der Waals surface area contributed by atoms with E-state index in [1.165, 1.54) is 24.9 Å². The lowest BCUT2D eigenvalue weighted by Gasteiger charge is -2.29. The van der Waals surface area contributed by atoms with Gasteiger partial charge in [0.2, 0.25) is 5.91 Å². The Hall–Kier alpha value is -2.57. The molecule has 32 heavy (non-hydrogen) atoms. The van der Waals surface area contributed by atoms with Crippen LogP contribution in [0, 0.1) is 5.92 Å². The molecule has 172 valence electrons. The molecule has 1 amide bonds. The summed E-state index contributed by atoms with van der Waals surface area (Å²) in [6.07, 6.45) is 6.37. The first-order valence-electron chi connectivity index (χ1n) is 12.0. The third-order valence-electron chi connectivity index (χ3n) is 6.75. The first kappa shape index (κ1) is 22.6. The minimum Gasteiger partial charge on any atom is -0.372 e. The molecule has 2 N–H and O–H groups in total. The van der Waals surface area contributed by atoms with E-state index in [2.05, 4.69) is 46.4 Å². The van der Waals surface area contributed by atoms with Crippen molar-refractivity contribution in [3.8, 4) is 0 Å². The highest BCUT2D eigenvalue weighted by molar-refractivity contribution is 5.75. The summed E-state index contributed by atoms with van der Waals surface area (Å²) in [5.41, 5.74) is 4.24. The van der Waals surface area contributed by atoms with Crippen molar-refractivity contribution in [1.82, 2.24) is 9.96 Å². The summed E-state index contributed by atoms with van der Waals surface area (Å²) < 4.78 is 0. The summed E-state index contributed by atoms with van der Waals surface area (Å²) in [6, 6.07) is 16.5. The fourth-order valence-corrected chi connectivity index (χ4v) is 4.65. The number of hydroxylamine groups is 2. The zero-order valence-corrected chi connectivity index (χ0v) is 19.2. The molecule has 2 aromatic carbocycles. The van der Waals surface area contributed by atoms with Crippen LogP contribution in [0.15, 0.2) is 48.5 Å². The molecule has 2 aliphatic rings. The van der Waals surface area contributed by atoms with Gasteiger partial charge in [-0.25, -0.2) is 5.06 Å². The molecule has 2 aromatic rings. The first-order valence-corrected chi connectivity index (χ1v) is 12.0. The topological polar surface area (TPSA) is 59.1 Å². The van der Waals surface area contributed by atoms with E-state index in [0.29, 0.717) is 12.3 Å². The summed E-state index contributed by atoms with van der Waals surface area (Å²) in [7, 11) is 2.11. The fourth-order valence-electron chi connectivity index (χ4n) is 4.65. The Morgan fingerprint density at radius 1 is 0.938 bits per heavy atom. The largest absolute Gasteiger partial charge is 0.372 e. The smallest absolute Gasteiger partial charge is 0.246 e. The lowest BCUT2D eigenvalue weighted by Crippen LogP contribution is -2.34. The van der Waals surface area contributed by atoms with Crippen LogP contribution in [0.3, 0.4) is 0 Å².